The minimum Gasteiger partial charge on any atom is -0.494 e. The van der Waals surface area contributed by atoms with Gasteiger partial charge < -0.3 is 9.47 Å². The second-order valence-electron chi connectivity index (χ2n) is 5.20. The molecule has 0 N–H and O–H groups in total. The van der Waals surface area contributed by atoms with Gasteiger partial charge in [0.1, 0.15) is 12.3 Å². The molecule has 2 aromatic carbocycles. The number of nitrogens with zero attached hydrogens (tertiary/aromatic N) is 1. The minimum absolute atomic E-state index is 0.0604. The molecule has 2 aromatic rings. The van der Waals surface area contributed by atoms with Crippen molar-refractivity contribution in [3.05, 3.63) is 53.0 Å². The van der Waals surface area contributed by atoms with Gasteiger partial charge in [-0.25, -0.2) is 8.42 Å². The van der Waals surface area contributed by atoms with E-state index in [1.54, 1.807) is 43.3 Å². The fraction of sp³-hybridized carbons (Fsp3) is 0.278. The van der Waals surface area contributed by atoms with E-state index in [9.17, 15) is 13.2 Å². The van der Waals surface area contributed by atoms with Gasteiger partial charge in [0.25, 0.3) is 10.0 Å². The zero-order valence-corrected chi connectivity index (χ0v) is 16.9. The van der Waals surface area contributed by atoms with E-state index in [1.165, 1.54) is 12.1 Å². The zero-order valence-electron chi connectivity index (χ0n) is 14.5. The molecule has 140 valence electrons. The highest BCUT2D eigenvalue weighted by Gasteiger charge is 2.28. The lowest BCUT2D eigenvalue weighted by Crippen LogP contribution is -2.36. The van der Waals surface area contributed by atoms with Crippen LogP contribution in [0.4, 0.5) is 5.69 Å². The third-order valence-corrected chi connectivity index (χ3v) is 5.68. The van der Waals surface area contributed by atoms with Crippen molar-refractivity contribution in [1.82, 2.24) is 0 Å². The number of hydrogen-bond acceptors (Lipinski definition) is 5. The van der Waals surface area contributed by atoms with Crippen LogP contribution in [0.2, 0.25) is 0 Å². The first-order chi connectivity index (χ1) is 12.4. The van der Waals surface area contributed by atoms with E-state index in [0.29, 0.717) is 22.5 Å². The monoisotopic (exact) mass is 441 g/mol. The highest BCUT2D eigenvalue weighted by Crippen LogP contribution is 2.27. The molecule has 0 aliphatic rings. The summed E-state index contributed by atoms with van der Waals surface area (Å²) in [7, 11) is -3.96. The van der Waals surface area contributed by atoms with Crippen LogP contribution in [-0.4, -0.2) is 34.1 Å². The van der Waals surface area contributed by atoms with Gasteiger partial charge in [-0.3, -0.25) is 9.10 Å². The molecule has 0 unspecified atom stereocenters. The van der Waals surface area contributed by atoms with Crippen LogP contribution < -0.4 is 9.04 Å². The molecule has 0 radical (unpaired) electrons. The van der Waals surface area contributed by atoms with E-state index >= 15 is 0 Å². The van der Waals surface area contributed by atoms with Crippen LogP contribution in [0.15, 0.2) is 57.9 Å². The number of benzene rings is 2. The van der Waals surface area contributed by atoms with E-state index in [0.717, 1.165) is 4.31 Å². The molecule has 0 atom stereocenters. The lowest BCUT2D eigenvalue weighted by Gasteiger charge is -2.24. The molecule has 0 aliphatic carbocycles. The topological polar surface area (TPSA) is 72.9 Å². The van der Waals surface area contributed by atoms with E-state index in [2.05, 4.69) is 15.9 Å². The van der Waals surface area contributed by atoms with Crippen molar-refractivity contribution >= 4 is 37.6 Å². The summed E-state index contributed by atoms with van der Waals surface area (Å²) in [5.41, 5.74) is 0.362. The summed E-state index contributed by atoms with van der Waals surface area (Å²) in [4.78, 5) is 12.0. The third kappa shape index (κ3) is 4.98. The maximum Gasteiger partial charge on any atom is 0.326 e. The summed E-state index contributed by atoms with van der Waals surface area (Å²) in [6.45, 7) is 3.76. The van der Waals surface area contributed by atoms with Crippen molar-refractivity contribution in [1.29, 1.82) is 0 Å². The molecular weight excluding hydrogens is 422 g/mol. The molecule has 2 rings (SSSR count). The first-order valence-electron chi connectivity index (χ1n) is 8.05. The van der Waals surface area contributed by atoms with Gasteiger partial charge in [-0.05, 0) is 56.3 Å². The second kappa shape index (κ2) is 9.05. The minimum atomic E-state index is -3.96. The van der Waals surface area contributed by atoms with Gasteiger partial charge in [0.05, 0.1) is 23.8 Å². The van der Waals surface area contributed by atoms with Crippen LogP contribution in [0, 0.1) is 0 Å². The number of esters is 1. The van der Waals surface area contributed by atoms with Crippen LogP contribution in [-0.2, 0) is 19.6 Å². The van der Waals surface area contributed by atoms with E-state index in [-0.39, 0.29) is 11.5 Å². The summed E-state index contributed by atoms with van der Waals surface area (Å²) in [5, 5.41) is 0. The number of sulfonamides is 1. The van der Waals surface area contributed by atoms with E-state index < -0.39 is 22.5 Å². The van der Waals surface area contributed by atoms with Crippen LogP contribution >= 0.6 is 15.9 Å². The largest absolute Gasteiger partial charge is 0.494 e. The third-order valence-electron chi connectivity index (χ3n) is 3.40. The Kier molecular flexibility index (Phi) is 7.05. The molecule has 8 heteroatoms. The van der Waals surface area contributed by atoms with Crippen LogP contribution in [0.5, 0.6) is 5.75 Å². The lowest BCUT2D eigenvalue weighted by molar-refractivity contribution is -0.141. The Hall–Kier alpha value is -2.06. The Bertz CT molecular complexity index is 852. The Morgan fingerprint density at radius 1 is 1.08 bits per heavy atom. The number of ether oxygens (including phenoxy) is 2. The van der Waals surface area contributed by atoms with Crippen LogP contribution in [0.1, 0.15) is 13.8 Å². The Balaban J connectivity index is 2.43. The normalized spacial score (nSPS) is 11.0. The average molecular weight is 442 g/mol. The molecule has 0 aliphatic heterocycles. The number of halogens is 1. The molecule has 6 nitrogen and oxygen atoms in total. The number of carbonyl (C=O) groups is 1. The van der Waals surface area contributed by atoms with Gasteiger partial charge in [-0.15, -0.1) is 0 Å². The number of hydrogen-bond donors (Lipinski definition) is 0. The van der Waals surface area contributed by atoms with Gasteiger partial charge >= 0.3 is 5.97 Å². The summed E-state index contributed by atoms with van der Waals surface area (Å²) in [5.74, 6) is -0.0483. The summed E-state index contributed by atoms with van der Waals surface area (Å²) >= 11 is 3.32. The molecule has 0 spiro atoms. The van der Waals surface area contributed by atoms with Gasteiger partial charge in [0.2, 0.25) is 0 Å². The first kappa shape index (κ1) is 20.3. The molecule has 26 heavy (non-hydrogen) atoms. The van der Waals surface area contributed by atoms with Crippen molar-refractivity contribution in [2.45, 2.75) is 18.7 Å². The van der Waals surface area contributed by atoms with E-state index in [1.807, 2.05) is 6.92 Å². The standard InChI is InChI=1S/C18H20BrNO5S/c1-3-24-16-8-10-17(11-9-16)26(22,23)20(13-18(21)25-4-2)15-7-5-6-14(19)12-15/h5-12H,3-4,13H2,1-2H3. The average Bonchev–Trinajstić information content (AvgIpc) is 2.60. The van der Waals surface area contributed by atoms with Crippen molar-refractivity contribution < 1.29 is 22.7 Å². The fourth-order valence-electron chi connectivity index (χ4n) is 2.27. The van der Waals surface area contributed by atoms with Gasteiger partial charge in [-0.2, -0.15) is 0 Å². The predicted molar refractivity (Wildman–Crippen MR) is 103 cm³/mol. The molecule has 0 fully saturated rings. The quantitative estimate of drug-likeness (QED) is 0.585. The van der Waals surface area contributed by atoms with Crippen molar-refractivity contribution in [3.8, 4) is 5.75 Å². The molecular formula is C18H20BrNO5S. The van der Waals surface area contributed by atoms with Gasteiger partial charge in [0.15, 0.2) is 0 Å². The molecule has 0 saturated heterocycles. The SMILES string of the molecule is CCOC(=O)CN(c1cccc(Br)c1)S(=O)(=O)c1ccc(OCC)cc1. The molecule has 0 bridgehead atoms. The molecule has 0 aromatic heterocycles. The number of rotatable bonds is 8. The first-order valence-corrected chi connectivity index (χ1v) is 10.3. The van der Waals surface area contributed by atoms with Crippen molar-refractivity contribution in [3.63, 3.8) is 0 Å². The van der Waals surface area contributed by atoms with Gasteiger partial charge in [0, 0.05) is 4.47 Å². The second-order valence-corrected chi connectivity index (χ2v) is 7.98. The van der Waals surface area contributed by atoms with Crippen LogP contribution in [0.25, 0.3) is 0 Å². The molecule has 0 saturated carbocycles. The maximum atomic E-state index is 13.1. The smallest absolute Gasteiger partial charge is 0.326 e. The van der Waals surface area contributed by atoms with Gasteiger partial charge in [-0.1, -0.05) is 22.0 Å². The number of anilines is 1. The predicted octanol–water partition coefficient (Wildman–Crippen LogP) is 3.61. The summed E-state index contributed by atoms with van der Waals surface area (Å²) in [6, 6.07) is 12.8. The maximum absolute atomic E-state index is 13.1. The van der Waals surface area contributed by atoms with E-state index in [4.69, 9.17) is 9.47 Å². The molecule has 0 amide bonds. The summed E-state index contributed by atoms with van der Waals surface area (Å²) < 4.78 is 38.2. The Labute approximate surface area is 161 Å². The fourth-order valence-corrected chi connectivity index (χ4v) is 4.06. The Morgan fingerprint density at radius 2 is 1.77 bits per heavy atom. The van der Waals surface area contributed by atoms with Crippen molar-refractivity contribution in [2.75, 3.05) is 24.1 Å². The van der Waals surface area contributed by atoms with Crippen LogP contribution in [0.3, 0.4) is 0 Å². The number of carbonyl (C=O) groups excluding carboxylic acids is 1. The highest BCUT2D eigenvalue weighted by molar-refractivity contribution is 9.10. The van der Waals surface area contributed by atoms with Crippen molar-refractivity contribution in [2.24, 2.45) is 0 Å². The highest BCUT2D eigenvalue weighted by atomic mass is 79.9. The molecule has 0 heterocycles. The Morgan fingerprint density at radius 3 is 2.35 bits per heavy atom. The lowest BCUT2D eigenvalue weighted by atomic mass is 10.3. The zero-order chi connectivity index (χ0) is 19.2. The summed E-state index contributed by atoms with van der Waals surface area (Å²) in [6.07, 6.45) is 0.